The number of carbonyl (C=O) groups is 2. The molecular weight excluding hydrogens is 258 g/mol. The molecule has 1 aromatic carbocycles. The van der Waals surface area contributed by atoms with Gasteiger partial charge in [-0.05, 0) is 43.9 Å². The molecule has 2 N–H and O–H groups in total. The van der Waals surface area contributed by atoms with E-state index in [0.29, 0.717) is 12.2 Å². The molecule has 1 atom stereocenters. The van der Waals surface area contributed by atoms with E-state index in [2.05, 4.69) is 5.32 Å². The Morgan fingerprint density at radius 3 is 2.65 bits per heavy atom. The van der Waals surface area contributed by atoms with Crippen LogP contribution in [0.5, 0.6) is 0 Å². The van der Waals surface area contributed by atoms with Gasteiger partial charge < -0.3 is 15.2 Å². The third kappa shape index (κ3) is 2.41. The Morgan fingerprint density at radius 1 is 1.30 bits per heavy atom. The van der Waals surface area contributed by atoms with Crippen LogP contribution < -0.4 is 5.32 Å². The quantitative estimate of drug-likeness (QED) is 0.882. The van der Waals surface area contributed by atoms with Crippen molar-refractivity contribution >= 4 is 11.9 Å². The Labute approximate surface area is 116 Å². The van der Waals surface area contributed by atoms with Gasteiger partial charge >= 0.3 is 5.97 Å². The summed E-state index contributed by atoms with van der Waals surface area (Å²) in [6, 6.07) is 6.10. The van der Waals surface area contributed by atoms with Crippen molar-refractivity contribution in [2.24, 2.45) is 0 Å². The molecule has 1 amide bonds. The molecule has 1 saturated carbocycles. The van der Waals surface area contributed by atoms with Crippen LogP contribution in [0.25, 0.3) is 0 Å². The number of hydrogen-bond acceptors (Lipinski definition) is 3. The third-order valence-electron chi connectivity index (χ3n) is 4.18. The number of benzene rings is 1. The Kier molecular flexibility index (Phi) is 3.22. The first-order chi connectivity index (χ1) is 9.58. The molecule has 2 aliphatic rings. The number of carboxylic acids is 1. The minimum Gasteiger partial charge on any atom is -0.478 e. The summed E-state index contributed by atoms with van der Waals surface area (Å²) < 4.78 is 5.78. The first-order valence-corrected chi connectivity index (χ1v) is 6.86. The normalized spacial score (nSPS) is 23.3. The van der Waals surface area contributed by atoms with Crippen LogP contribution in [0, 0.1) is 0 Å². The van der Waals surface area contributed by atoms with Gasteiger partial charge in [0.1, 0.15) is 0 Å². The van der Waals surface area contributed by atoms with Crippen molar-refractivity contribution in [2.45, 2.75) is 37.3 Å². The summed E-state index contributed by atoms with van der Waals surface area (Å²) in [7, 11) is 0. The highest BCUT2D eigenvalue weighted by molar-refractivity contribution is 5.97. The molecule has 1 unspecified atom stereocenters. The van der Waals surface area contributed by atoms with Gasteiger partial charge in [0.25, 0.3) is 5.91 Å². The van der Waals surface area contributed by atoms with E-state index < -0.39 is 5.97 Å². The third-order valence-corrected chi connectivity index (χ3v) is 4.18. The molecule has 0 bridgehead atoms. The maximum absolute atomic E-state index is 12.1. The van der Waals surface area contributed by atoms with Gasteiger partial charge in [-0.3, -0.25) is 4.79 Å². The van der Waals surface area contributed by atoms with E-state index in [-0.39, 0.29) is 23.1 Å². The van der Waals surface area contributed by atoms with Gasteiger partial charge in [-0.25, -0.2) is 4.79 Å². The maximum Gasteiger partial charge on any atom is 0.335 e. The Bertz CT molecular complexity index is 551. The highest BCUT2D eigenvalue weighted by atomic mass is 16.5. The summed E-state index contributed by atoms with van der Waals surface area (Å²) in [5.41, 5.74) is 0.496. The highest BCUT2D eigenvalue weighted by Crippen LogP contribution is 2.43. The van der Waals surface area contributed by atoms with Gasteiger partial charge in [0, 0.05) is 5.56 Å². The summed E-state index contributed by atoms with van der Waals surface area (Å²) in [5.74, 6) is -1.27. The Hall–Kier alpha value is -1.88. The van der Waals surface area contributed by atoms with Crippen LogP contribution in [0.3, 0.4) is 0 Å². The van der Waals surface area contributed by atoms with E-state index in [1.165, 1.54) is 18.6 Å². The van der Waals surface area contributed by atoms with Crippen molar-refractivity contribution in [3.8, 4) is 0 Å². The number of nitrogens with one attached hydrogen (secondary N) is 1. The smallest absolute Gasteiger partial charge is 0.335 e. The van der Waals surface area contributed by atoms with Gasteiger partial charge in [0.2, 0.25) is 0 Å². The molecule has 1 aliphatic carbocycles. The van der Waals surface area contributed by atoms with Crippen LogP contribution in [0.2, 0.25) is 0 Å². The van der Waals surface area contributed by atoms with Gasteiger partial charge in [-0.2, -0.15) is 0 Å². The van der Waals surface area contributed by atoms with Crippen molar-refractivity contribution < 1.29 is 19.4 Å². The molecular formula is C15H17NO4. The fourth-order valence-corrected chi connectivity index (χ4v) is 2.92. The summed E-state index contributed by atoms with van der Waals surface area (Å²) >= 11 is 0. The lowest BCUT2D eigenvalue weighted by Gasteiger charge is -2.37. The minimum absolute atomic E-state index is 0.000853. The molecule has 3 rings (SSSR count). The molecule has 1 saturated heterocycles. The van der Waals surface area contributed by atoms with Crippen LogP contribution in [0.1, 0.15) is 46.4 Å². The molecule has 1 spiro atoms. The van der Waals surface area contributed by atoms with Crippen LogP contribution in [0.4, 0.5) is 0 Å². The SMILES string of the molecule is O=C(O)c1cccc(C(=O)NC2COC3(CCC3)C2)c1. The first-order valence-electron chi connectivity index (χ1n) is 6.86. The Morgan fingerprint density at radius 2 is 2.05 bits per heavy atom. The predicted octanol–water partition coefficient (Wildman–Crippen LogP) is 1.83. The Balaban J connectivity index is 1.64. The van der Waals surface area contributed by atoms with E-state index in [1.54, 1.807) is 12.1 Å². The molecule has 2 fully saturated rings. The topological polar surface area (TPSA) is 75.6 Å². The molecule has 106 valence electrons. The number of ether oxygens (including phenoxy) is 1. The number of carbonyl (C=O) groups excluding carboxylic acids is 1. The monoisotopic (exact) mass is 275 g/mol. The second kappa shape index (κ2) is 4.90. The van der Waals surface area contributed by atoms with Gasteiger partial charge in [-0.15, -0.1) is 0 Å². The van der Waals surface area contributed by atoms with Crippen molar-refractivity contribution in [1.82, 2.24) is 5.32 Å². The molecule has 0 radical (unpaired) electrons. The van der Waals surface area contributed by atoms with Crippen molar-refractivity contribution in [3.05, 3.63) is 35.4 Å². The lowest BCUT2D eigenvalue weighted by molar-refractivity contribution is -0.0563. The van der Waals surface area contributed by atoms with E-state index in [1.807, 2.05) is 0 Å². The number of carboxylic acid groups (broad SMARTS) is 1. The molecule has 1 heterocycles. The minimum atomic E-state index is -1.03. The van der Waals surface area contributed by atoms with Crippen LogP contribution >= 0.6 is 0 Å². The average molecular weight is 275 g/mol. The first kappa shape index (κ1) is 13.1. The zero-order valence-electron chi connectivity index (χ0n) is 11.1. The maximum atomic E-state index is 12.1. The number of amides is 1. The standard InChI is InChI=1S/C15H17NO4/c17-13(10-3-1-4-11(7-10)14(18)19)16-12-8-15(20-9-12)5-2-6-15/h1,3-4,7,12H,2,5-6,8-9H2,(H,16,17)(H,18,19). The van der Waals surface area contributed by atoms with Crippen molar-refractivity contribution in [1.29, 1.82) is 0 Å². The lowest BCUT2D eigenvalue weighted by atomic mass is 9.77. The molecule has 1 aromatic rings. The second-order valence-electron chi connectivity index (χ2n) is 5.61. The molecule has 5 heteroatoms. The lowest BCUT2D eigenvalue weighted by Crippen LogP contribution is -2.39. The fourth-order valence-electron chi connectivity index (χ4n) is 2.92. The largest absolute Gasteiger partial charge is 0.478 e. The van der Waals surface area contributed by atoms with Crippen LogP contribution in [-0.2, 0) is 4.74 Å². The van der Waals surface area contributed by atoms with Gasteiger partial charge in [0.15, 0.2) is 0 Å². The average Bonchev–Trinajstić information content (AvgIpc) is 2.83. The fraction of sp³-hybridized carbons (Fsp3) is 0.467. The summed E-state index contributed by atoms with van der Waals surface area (Å²) in [5, 5.41) is 11.9. The summed E-state index contributed by atoms with van der Waals surface area (Å²) in [6.07, 6.45) is 4.21. The van der Waals surface area contributed by atoms with Crippen molar-refractivity contribution in [2.75, 3.05) is 6.61 Å². The summed E-state index contributed by atoms with van der Waals surface area (Å²) in [4.78, 5) is 23.0. The molecule has 5 nitrogen and oxygen atoms in total. The van der Waals surface area contributed by atoms with Gasteiger partial charge in [0.05, 0.1) is 23.8 Å². The van der Waals surface area contributed by atoms with E-state index >= 15 is 0 Å². The van der Waals surface area contributed by atoms with E-state index in [0.717, 1.165) is 19.3 Å². The van der Waals surface area contributed by atoms with Crippen LogP contribution in [-0.4, -0.2) is 35.2 Å². The molecule has 0 aromatic heterocycles. The number of aromatic carboxylic acids is 1. The van der Waals surface area contributed by atoms with E-state index in [4.69, 9.17) is 9.84 Å². The highest BCUT2D eigenvalue weighted by Gasteiger charge is 2.45. The zero-order chi connectivity index (χ0) is 14.2. The number of hydrogen-bond donors (Lipinski definition) is 2. The van der Waals surface area contributed by atoms with Crippen molar-refractivity contribution in [3.63, 3.8) is 0 Å². The van der Waals surface area contributed by atoms with Crippen LogP contribution in [0.15, 0.2) is 24.3 Å². The second-order valence-corrected chi connectivity index (χ2v) is 5.61. The van der Waals surface area contributed by atoms with Gasteiger partial charge in [-0.1, -0.05) is 6.07 Å². The molecule has 1 aliphatic heterocycles. The number of rotatable bonds is 3. The summed E-state index contributed by atoms with van der Waals surface area (Å²) in [6.45, 7) is 0.546. The predicted molar refractivity (Wildman–Crippen MR) is 71.8 cm³/mol. The van der Waals surface area contributed by atoms with E-state index in [9.17, 15) is 9.59 Å². The zero-order valence-corrected chi connectivity index (χ0v) is 11.1. The molecule has 20 heavy (non-hydrogen) atoms.